The van der Waals surface area contributed by atoms with Gasteiger partial charge in [-0.15, -0.1) is 0 Å². The average Bonchev–Trinajstić information content (AvgIpc) is 2.36. The lowest BCUT2D eigenvalue weighted by Gasteiger charge is -2.09. The van der Waals surface area contributed by atoms with Gasteiger partial charge in [0.15, 0.2) is 0 Å². The fraction of sp³-hybridized carbons (Fsp3) is 0.538. The summed E-state index contributed by atoms with van der Waals surface area (Å²) in [6.45, 7) is 3.84. The van der Waals surface area contributed by atoms with Gasteiger partial charge >= 0.3 is 0 Å². The molecule has 0 spiro atoms. The molecule has 0 aliphatic heterocycles. The maximum absolute atomic E-state index is 8.85. The van der Waals surface area contributed by atoms with Gasteiger partial charge in [0, 0.05) is 12.6 Å². The minimum Gasteiger partial charge on any atom is -0.491 e. The van der Waals surface area contributed by atoms with E-state index in [1.807, 2.05) is 31.2 Å². The van der Waals surface area contributed by atoms with E-state index in [9.17, 15) is 0 Å². The molecule has 0 aliphatic carbocycles. The molecule has 17 heavy (non-hydrogen) atoms. The Morgan fingerprint density at radius 3 is 2.53 bits per heavy atom. The molecule has 1 aromatic rings. The third-order valence-electron chi connectivity index (χ3n) is 2.36. The molecule has 1 rings (SSSR count). The van der Waals surface area contributed by atoms with Crippen molar-refractivity contribution in [1.29, 1.82) is 0 Å². The van der Waals surface area contributed by atoms with E-state index in [2.05, 4.69) is 0 Å². The zero-order valence-electron chi connectivity index (χ0n) is 10.3. The van der Waals surface area contributed by atoms with Crippen molar-refractivity contribution in [2.75, 3.05) is 26.4 Å². The van der Waals surface area contributed by atoms with Crippen LogP contribution in [-0.2, 0) is 11.2 Å². The van der Waals surface area contributed by atoms with Gasteiger partial charge in [-0.3, -0.25) is 0 Å². The summed E-state index contributed by atoms with van der Waals surface area (Å²) in [6.07, 6.45) is 0.676. The number of benzene rings is 1. The second kappa shape index (κ2) is 8.06. The number of rotatable bonds is 8. The lowest BCUT2D eigenvalue weighted by Crippen LogP contribution is -2.26. The maximum atomic E-state index is 8.85. The highest BCUT2D eigenvalue weighted by molar-refractivity contribution is 5.27. The Bertz CT molecular complexity index is 300. The largest absolute Gasteiger partial charge is 0.491 e. The van der Waals surface area contributed by atoms with Crippen LogP contribution in [0.15, 0.2) is 24.3 Å². The van der Waals surface area contributed by atoms with Crippen molar-refractivity contribution in [3.63, 3.8) is 0 Å². The minimum atomic E-state index is -0.195. The van der Waals surface area contributed by atoms with E-state index in [-0.39, 0.29) is 12.6 Å². The zero-order valence-corrected chi connectivity index (χ0v) is 10.3. The predicted molar refractivity (Wildman–Crippen MR) is 67.2 cm³/mol. The highest BCUT2D eigenvalue weighted by atomic mass is 16.5. The SMILES string of the molecule is CCOCCOc1ccc(C[C@H](N)CO)cc1. The summed E-state index contributed by atoms with van der Waals surface area (Å²) in [5.74, 6) is 0.825. The van der Waals surface area contributed by atoms with Crippen molar-refractivity contribution in [2.24, 2.45) is 5.73 Å². The van der Waals surface area contributed by atoms with Crippen LogP contribution in [0.1, 0.15) is 12.5 Å². The Hall–Kier alpha value is -1.10. The predicted octanol–water partition coefficient (Wildman–Crippen LogP) is 0.964. The molecule has 4 heteroatoms. The van der Waals surface area contributed by atoms with Crippen LogP contribution in [0.2, 0.25) is 0 Å². The van der Waals surface area contributed by atoms with Crippen LogP contribution in [0, 0.1) is 0 Å². The van der Waals surface area contributed by atoms with Gasteiger partial charge in [0.1, 0.15) is 12.4 Å². The van der Waals surface area contributed by atoms with Gasteiger partial charge in [0.25, 0.3) is 0 Å². The topological polar surface area (TPSA) is 64.7 Å². The lowest BCUT2D eigenvalue weighted by molar-refractivity contribution is 0.110. The van der Waals surface area contributed by atoms with E-state index in [0.717, 1.165) is 11.3 Å². The van der Waals surface area contributed by atoms with E-state index in [1.54, 1.807) is 0 Å². The monoisotopic (exact) mass is 239 g/mol. The summed E-state index contributed by atoms with van der Waals surface area (Å²) < 4.78 is 10.7. The van der Waals surface area contributed by atoms with Crippen molar-refractivity contribution in [3.8, 4) is 5.75 Å². The number of aliphatic hydroxyl groups is 1. The second-order valence-electron chi connectivity index (χ2n) is 3.84. The number of nitrogens with two attached hydrogens (primary N) is 1. The number of hydrogen-bond acceptors (Lipinski definition) is 4. The first-order chi connectivity index (χ1) is 8.26. The second-order valence-corrected chi connectivity index (χ2v) is 3.84. The van der Waals surface area contributed by atoms with Crippen LogP contribution < -0.4 is 10.5 Å². The fourth-order valence-corrected chi connectivity index (χ4v) is 1.45. The van der Waals surface area contributed by atoms with Gasteiger partial charge in [0.05, 0.1) is 13.2 Å². The molecule has 4 nitrogen and oxygen atoms in total. The summed E-state index contributed by atoms with van der Waals surface area (Å²) in [7, 11) is 0. The zero-order chi connectivity index (χ0) is 12.5. The molecule has 1 aromatic carbocycles. The van der Waals surface area contributed by atoms with Crippen molar-refractivity contribution in [3.05, 3.63) is 29.8 Å². The molecule has 0 aliphatic rings. The first-order valence-electron chi connectivity index (χ1n) is 5.92. The molecule has 0 radical (unpaired) electrons. The van der Waals surface area contributed by atoms with E-state index >= 15 is 0 Å². The Balaban J connectivity index is 2.34. The summed E-state index contributed by atoms with van der Waals surface area (Å²) >= 11 is 0. The standard InChI is InChI=1S/C13H21NO3/c1-2-16-7-8-17-13-5-3-11(4-6-13)9-12(14)10-15/h3-6,12,15H,2,7-10,14H2,1H3/t12-/m0/s1. The van der Waals surface area contributed by atoms with Crippen molar-refractivity contribution < 1.29 is 14.6 Å². The summed E-state index contributed by atoms with van der Waals surface area (Å²) in [5, 5.41) is 8.85. The van der Waals surface area contributed by atoms with Crippen molar-refractivity contribution in [2.45, 2.75) is 19.4 Å². The lowest BCUT2D eigenvalue weighted by atomic mass is 10.1. The van der Waals surface area contributed by atoms with Crippen LogP contribution in [0.3, 0.4) is 0 Å². The van der Waals surface area contributed by atoms with E-state index in [0.29, 0.717) is 26.2 Å². The summed E-state index contributed by atoms with van der Waals surface area (Å²) in [6, 6.07) is 7.55. The third-order valence-corrected chi connectivity index (χ3v) is 2.36. The average molecular weight is 239 g/mol. The highest BCUT2D eigenvalue weighted by Crippen LogP contribution is 2.13. The van der Waals surface area contributed by atoms with E-state index in [4.69, 9.17) is 20.3 Å². The van der Waals surface area contributed by atoms with Gasteiger partial charge in [-0.05, 0) is 31.0 Å². The smallest absolute Gasteiger partial charge is 0.119 e. The molecule has 0 unspecified atom stereocenters. The molecule has 3 N–H and O–H groups in total. The van der Waals surface area contributed by atoms with Crippen LogP contribution in [0.25, 0.3) is 0 Å². The van der Waals surface area contributed by atoms with Gasteiger partial charge in [-0.2, -0.15) is 0 Å². The van der Waals surface area contributed by atoms with Crippen LogP contribution in [-0.4, -0.2) is 37.6 Å². The van der Waals surface area contributed by atoms with Crippen molar-refractivity contribution >= 4 is 0 Å². The van der Waals surface area contributed by atoms with Crippen LogP contribution >= 0.6 is 0 Å². The molecular weight excluding hydrogens is 218 g/mol. The van der Waals surface area contributed by atoms with Crippen LogP contribution in [0.4, 0.5) is 0 Å². The van der Waals surface area contributed by atoms with Crippen molar-refractivity contribution in [1.82, 2.24) is 0 Å². The molecule has 0 amide bonds. The van der Waals surface area contributed by atoms with E-state index in [1.165, 1.54) is 0 Å². The molecule has 0 saturated carbocycles. The molecular formula is C13H21NO3. The Labute approximate surface area is 102 Å². The third kappa shape index (κ3) is 5.68. The molecule has 96 valence electrons. The van der Waals surface area contributed by atoms with E-state index < -0.39 is 0 Å². The molecule has 0 heterocycles. The highest BCUT2D eigenvalue weighted by Gasteiger charge is 2.02. The fourth-order valence-electron chi connectivity index (χ4n) is 1.45. The van der Waals surface area contributed by atoms with Gasteiger partial charge < -0.3 is 20.3 Å². The Kier molecular flexibility index (Phi) is 6.62. The molecule has 0 aromatic heterocycles. The Morgan fingerprint density at radius 1 is 1.24 bits per heavy atom. The quantitative estimate of drug-likeness (QED) is 0.663. The molecule has 1 atom stereocenters. The molecule has 0 bridgehead atoms. The normalized spacial score (nSPS) is 12.4. The maximum Gasteiger partial charge on any atom is 0.119 e. The first-order valence-corrected chi connectivity index (χ1v) is 5.92. The Morgan fingerprint density at radius 2 is 1.94 bits per heavy atom. The number of ether oxygens (including phenoxy) is 2. The minimum absolute atomic E-state index is 0.00656. The van der Waals surface area contributed by atoms with Gasteiger partial charge in [-0.25, -0.2) is 0 Å². The molecule has 0 saturated heterocycles. The molecule has 0 fully saturated rings. The van der Waals surface area contributed by atoms with Crippen LogP contribution in [0.5, 0.6) is 5.75 Å². The summed E-state index contributed by atoms with van der Waals surface area (Å²) in [5.41, 5.74) is 6.76. The summed E-state index contributed by atoms with van der Waals surface area (Å²) in [4.78, 5) is 0. The first kappa shape index (κ1) is 14.0. The number of aliphatic hydroxyl groups excluding tert-OH is 1. The van der Waals surface area contributed by atoms with Gasteiger partial charge in [-0.1, -0.05) is 12.1 Å². The number of hydrogen-bond donors (Lipinski definition) is 2. The van der Waals surface area contributed by atoms with Gasteiger partial charge in [0.2, 0.25) is 0 Å².